The van der Waals surface area contributed by atoms with E-state index in [-0.39, 0.29) is 11.7 Å². The molecule has 1 amide bonds. The predicted molar refractivity (Wildman–Crippen MR) is 76.9 cm³/mol. The Labute approximate surface area is 121 Å². The summed E-state index contributed by atoms with van der Waals surface area (Å²) in [5, 5.41) is 15.0. The smallest absolute Gasteiger partial charge is 0.238 e. The van der Waals surface area contributed by atoms with Gasteiger partial charge in [0.1, 0.15) is 5.41 Å². The van der Waals surface area contributed by atoms with Crippen molar-refractivity contribution in [2.24, 2.45) is 16.3 Å². The van der Waals surface area contributed by atoms with Gasteiger partial charge in [0.05, 0.1) is 10.0 Å². The van der Waals surface area contributed by atoms with Crippen molar-refractivity contribution in [3.05, 3.63) is 28.2 Å². The largest absolute Gasteiger partial charge is 0.409 e. The summed E-state index contributed by atoms with van der Waals surface area (Å²) in [5.74, 6) is -0.531. The highest BCUT2D eigenvalue weighted by Crippen LogP contribution is 2.28. The summed E-state index contributed by atoms with van der Waals surface area (Å²) in [6.45, 7) is 3.36. The van der Waals surface area contributed by atoms with E-state index in [9.17, 15) is 4.79 Å². The van der Waals surface area contributed by atoms with E-state index in [0.29, 0.717) is 22.2 Å². The lowest BCUT2D eigenvalue weighted by Gasteiger charge is -2.25. The van der Waals surface area contributed by atoms with Crippen LogP contribution in [0.2, 0.25) is 10.0 Å². The molecule has 19 heavy (non-hydrogen) atoms. The van der Waals surface area contributed by atoms with Crippen LogP contribution in [-0.4, -0.2) is 17.0 Å². The lowest BCUT2D eigenvalue weighted by Crippen LogP contribution is -2.44. The fraction of sp³-hybridized carbons (Fsp3) is 0.333. The number of hydrogen-bond donors (Lipinski definition) is 3. The Hall–Kier alpha value is -1.46. The minimum atomic E-state index is -1.10. The van der Waals surface area contributed by atoms with Gasteiger partial charge in [-0.15, -0.1) is 0 Å². The maximum atomic E-state index is 12.2. The van der Waals surface area contributed by atoms with Crippen molar-refractivity contribution in [1.29, 1.82) is 0 Å². The Bertz CT molecular complexity index is 520. The number of carbonyl (C=O) groups excluding carboxylic acids is 1. The first kappa shape index (κ1) is 15.6. The van der Waals surface area contributed by atoms with Crippen LogP contribution in [0.5, 0.6) is 0 Å². The van der Waals surface area contributed by atoms with Crippen LogP contribution >= 0.6 is 23.2 Å². The molecule has 1 aromatic carbocycles. The van der Waals surface area contributed by atoms with Gasteiger partial charge in [0, 0.05) is 5.69 Å². The Balaban J connectivity index is 2.98. The number of halogens is 2. The van der Waals surface area contributed by atoms with Gasteiger partial charge in [-0.1, -0.05) is 35.3 Å². The van der Waals surface area contributed by atoms with Gasteiger partial charge in [0.2, 0.25) is 5.91 Å². The number of anilines is 1. The summed E-state index contributed by atoms with van der Waals surface area (Å²) >= 11 is 11.7. The van der Waals surface area contributed by atoms with Crippen molar-refractivity contribution in [2.75, 3.05) is 5.32 Å². The van der Waals surface area contributed by atoms with Gasteiger partial charge in [-0.05, 0) is 31.5 Å². The molecule has 0 bridgehead atoms. The topological polar surface area (TPSA) is 87.7 Å². The number of nitrogens with one attached hydrogen (secondary N) is 1. The summed E-state index contributed by atoms with van der Waals surface area (Å²) in [7, 11) is 0. The van der Waals surface area contributed by atoms with Crippen molar-refractivity contribution in [1.82, 2.24) is 0 Å². The molecule has 0 aliphatic rings. The molecule has 4 N–H and O–H groups in total. The number of oxime groups is 1. The zero-order chi connectivity index (χ0) is 14.6. The number of carbonyl (C=O) groups is 1. The molecule has 0 saturated heterocycles. The van der Waals surface area contributed by atoms with Gasteiger partial charge in [0.25, 0.3) is 0 Å². The molecule has 0 radical (unpaired) electrons. The van der Waals surface area contributed by atoms with Crippen molar-refractivity contribution in [2.45, 2.75) is 20.3 Å². The van der Waals surface area contributed by atoms with Crippen LogP contribution < -0.4 is 11.1 Å². The summed E-state index contributed by atoms with van der Waals surface area (Å²) in [5.41, 5.74) is 4.96. The van der Waals surface area contributed by atoms with E-state index >= 15 is 0 Å². The first-order chi connectivity index (χ1) is 8.85. The van der Waals surface area contributed by atoms with Gasteiger partial charge in [0.15, 0.2) is 5.84 Å². The first-order valence-electron chi connectivity index (χ1n) is 5.59. The van der Waals surface area contributed by atoms with Crippen LogP contribution in [0.1, 0.15) is 20.3 Å². The Morgan fingerprint density at radius 1 is 1.47 bits per heavy atom. The van der Waals surface area contributed by atoms with Gasteiger partial charge in [-0.25, -0.2) is 0 Å². The third-order valence-corrected chi connectivity index (χ3v) is 3.80. The molecule has 7 heteroatoms. The molecule has 1 atom stereocenters. The van der Waals surface area contributed by atoms with Crippen molar-refractivity contribution in [3.63, 3.8) is 0 Å². The summed E-state index contributed by atoms with van der Waals surface area (Å²) in [4.78, 5) is 12.2. The van der Waals surface area contributed by atoms with Gasteiger partial charge < -0.3 is 16.3 Å². The molecule has 1 unspecified atom stereocenters. The van der Waals surface area contributed by atoms with E-state index in [1.54, 1.807) is 26.0 Å². The lowest BCUT2D eigenvalue weighted by molar-refractivity contribution is -0.121. The second kappa shape index (κ2) is 6.12. The summed E-state index contributed by atoms with van der Waals surface area (Å²) in [6.07, 6.45) is 0.385. The van der Waals surface area contributed by atoms with E-state index in [0.717, 1.165) is 0 Å². The standard InChI is InChI=1S/C12H15Cl2N3O2/c1-3-12(2,10(15)17-19)11(18)16-7-4-5-8(13)9(14)6-7/h4-6,19H,3H2,1-2H3,(H2,15,17)(H,16,18). The number of nitrogens with zero attached hydrogens (tertiary/aromatic N) is 1. The Kier molecular flexibility index (Phi) is 5.03. The quantitative estimate of drug-likeness (QED) is 0.346. The molecule has 5 nitrogen and oxygen atoms in total. The minimum absolute atomic E-state index is 0.146. The summed E-state index contributed by atoms with van der Waals surface area (Å²) < 4.78 is 0. The predicted octanol–water partition coefficient (Wildman–Crippen LogP) is 3.09. The van der Waals surface area contributed by atoms with E-state index in [2.05, 4.69) is 10.5 Å². The highest BCUT2D eigenvalue weighted by atomic mass is 35.5. The molecular weight excluding hydrogens is 289 g/mol. The maximum Gasteiger partial charge on any atom is 0.238 e. The van der Waals surface area contributed by atoms with Crippen LogP contribution in [0, 0.1) is 5.41 Å². The highest BCUT2D eigenvalue weighted by molar-refractivity contribution is 6.42. The SMILES string of the molecule is CCC(C)(C(=O)Nc1ccc(Cl)c(Cl)c1)/C(N)=N/O. The molecule has 0 aliphatic carbocycles. The van der Waals surface area contributed by atoms with E-state index in [4.69, 9.17) is 34.1 Å². The lowest BCUT2D eigenvalue weighted by atomic mass is 9.85. The van der Waals surface area contributed by atoms with Crippen LogP contribution in [0.4, 0.5) is 5.69 Å². The molecule has 0 spiro atoms. The molecule has 1 aromatic rings. The Morgan fingerprint density at radius 3 is 2.58 bits per heavy atom. The fourth-order valence-corrected chi connectivity index (χ4v) is 1.71. The molecule has 1 rings (SSSR count). The zero-order valence-electron chi connectivity index (χ0n) is 10.6. The average molecular weight is 304 g/mol. The van der Waals surface area contributed by atoms with E-state index < -0.39 is 5.41 Å². The average Bonchev–Trinajstić information content (AvgIpc) is 2.40. The van der Waals surface area contributed by atoms with Crippen LogP contribution in [0.15, 0.2) is 23.4 Å². The monoisotopic (exact) mass is 303 g/mol. The third kappa shape index (κ3) is 3.30. The molecule has 0 aromatic heterocycles. The molecule has 0 saturated carbocycles. The van der Waals surface area contributed by atoms with Crippen molar-refractivity contribution >= 4 is 40.6 Å². The van der Waals surface area contributed by atoms with Crippen molar-refractivity contribution in [3.8, 4) is 0 Å². The minimum Gasteiger partial charge on any atom is -0.409 e. The number of amidine groups is 1. The van der Waals surface area contributed by atoms with Crippen LogP contribution in [0.3, 0.4) is 0 Å². The summed E-state index contributed by atoms with van der Waals surface area (Å²) in [6, 6.07) is 4.73. The zero-order valence-corrected chi connectivity index (χ0v) is 12.1. The molecule has 0 heterocycles. The number of rotatable bonds is 4. The van der Waals surface area contributed by atoms with E-state index in [1.165, 1.54) is 6.07 Å². The molecular formula is C12H15Cl2N3O2. The second-order valence-corrected chi connectivity index (χ2v) is 5.07. The number of nitrogens with two attached hydrogens (primary N) is 1. The third-order valence-electron chi connectivity index (χ3n) is 3.06. The van der Waals surface area contributed by atoms with E-state index in [1.807, 2.05) is 0 Å². The molecule has 104 valence electrons. The first-order valence-corrected chi connectivity index (χ1v) is 6.35. The van der Waals surface area contributed by atoms with Gasteiger partial charge in [-0.3, -0.25) is 4.79 Å². The number of amides is 1. The van der Waals surface area contributed by atoms with Crippen molar-refractivity contribution < 1.29 is 10.0 Å². The van der Waals surface area contributed by atoms with Gasteiger partial charge in [-0.2, -0.15) is 0 Å². The second-order valence-electron chi connectivity index (χ2n) is 4.25. The molecule has 0 aliphatic heterocycles. The van der Waals surface area contributed by atoms with Crippen LogP contribution in [0.25, 0.3) is 0 Å². The number of hydrogen-bond acceptors (Lipinski definition) is 3. The normalized spacial score (nSPS) is 14.8. The Morgan fingerprint density at radius 2 is 2.11 bits per heavy atom. The van der Waals surface area contributed by atoms with Gasteiger partial charge >= 0.3 is 0 Å². The van der Waals surface area contributed by atoms with Crippen LogP contribution in [-0.2, 0) is 4.79 Å². The maximum absolute atomic E-state index is 12.2. The fourth-order valence-electron chi connectivity index (χ4n) is 1.41. The molecule has 0 fully saturated rings. The highest BCUT2D eigenvalue weighted by Gasteiger charge is 2.36. The number of benzene rings is 1.